The first-order chi connectivity index (χ1) is 8.89. The second kappa shape index (κ2) is 4.48. The van der Waals surface area contributed by atoms with Crippen molar-refractivity contribution in [3.63, 3.8) is 0 Å². The van der Waals surface area contributed by atoms with Gasteiger partial charge in [0, 0.05) is 0 Å². The third kappa shape index (κ3) is 2.37. The minimum Gasteiger partial charge on any atom is -0.393 e. The summed E-state index contributed by atoms with van der Waals surface area (Å²) in [6.07, 6.45) is 13.0. The Balaban J connectivity index is 1.76. The highest BCUT2D eigenvalue weighted by Gasteiger charge is 2.61. The number of hydrogen-bond acceptors (Lipinski definition) is 1. The zero-order valence-electron chi connectivity index (χ0n) is 13.2. The topological polar surface area (TPSA) is 20.2 Å². The van der Waals surface area contributed by atoms with E-state index in [1.807, 2.05) is 0 Å². The minimum atomic E-state index is -0.0268. The van der Waals surface area contributed by atoms with Crippen LogP contribution in [0.2, 0.25) is 0 Å². The molecule has 4 saturated carbocycles. The van der Waals surface area contributed by atoms with Gasteiger partial charge >= 0.3 is 0 Å². The van der Waals surface area contributed by atoms with Gasteiger partial charge in [-0.25, -0.2) is 0 Å². The minimum absolute atomic E-state index is 0.0268. The van der Waals surface area contributed by atoms with Gasteiger partial charge in [-0.1, -0.05) is 40.0 Å². The molecule has 4 fully saturated rings. The van der Waals surface area contributed by atoms with E-state index in [9.17, 15) is 5.11 Å². The van der Waals surface area contributed by atoms with Gasteiger partial charge in [0.25, 0.3) is 0 Å². The number of aliphatic hydroxyl groups is 1. The molecule has 3 atom stereocenters. The molecule has 0 radical (unpaired) electrons. The molecule has 4 aliphatic carbocycles. The maximum Gasteiger partial charge on any atom is 0.0596 e. The average Bonchev–Trinajstić information content (AvgIpc) is 2.24. The Morgan fingerprint density at radius 2 is 1.63 bits per heavy atom. The predicted molar refractivity (Wildman–Crippen MR) is 80.0 cm³/mol. The molecule has 4 bridgehead atoms. The van der Waals surface area contributed by atoms with Crippen LogP contribution in [0.4, 0.5) is 0 Å². The van der Waals surface area contributed by atoms with Crippen LogP contribution in [0.5, 0.6) is 0 Å². The highest BCUT2D eigenvalue weighted by molar-refractivity contribution is 5.12. The lowest BCUT2D eigenvalue weighted by Gasteiger charge is -2.66. The molecule has 1 N–H and O–H groups in total. The summed E-state index contributed by atoms with van der Waals surface area (Å²) in [6, 6.07) is 0. The van der Waals surface area contributed by atoms with E-state index in [0.717, 1.165) is 12.3 Å². The third-order valence-electron chi connectivity index (χ3n) is 6.46. The molecule has 1 nitrogen and oxygen atoms in total. The molecule has 3 unspecified atom stereocenters. The first-order valence-corrected chi connectivity index (χ1v) is 8.57. The molecular weight excluding hydrogens is 232 g/mol. The molecule has 110 valence electrons. The molecular formula is C18H32O. The Morgan fingerprint density at radius 1 is 1.00 bits per heavy atom. The number of hydrogen-bond donors (Lipinski definition) is 1. The van der Waals surface area contributed by atoms with E-state index in [1.54, 1.807) is 0 Å². The summed E-state index contributed by atoms with van der Waals surface area (Å²) in [5, 5.41) is 10.9. The van der Waals surface area contributed by atoms with E-state index in [-0.39, 0.29) is 11.5 Å². The highest BCUT2D eigenvalue weighted by atomic mass is 16.3. The summed E-state index contributed by atoms with van der Waals surface area (Å²) < 4.78 is 0. The molecule has 0 aliphatic heterocycles. The second-order valence-electron chi connectivity index (χ2n) is 9.00. The molecule has 4 rings (SSSR count). The Bertz CT molecular complexity index is 330. The normalized spacial score (nSPS) is 49.6. The van der Waals surface area contributed by atoms with Gasteiger partial charge in [0.1, 0.15) is 0 Å². The van der Waals surface area contributed by atoms with Crippen molar-refractivity contribution in [1.29, 1.82) is 0 Å². The first kappa shape index (κ1) is 13.9. The van der Waals surface area contributed by atoms with Crippen molar-refractivity contribution in [2.45, 2.75) is 91.1 Å². The fourth-order valence-electron chi connectivity index (χ4n) is 6.80. The van der Waals surface area contributed by atoms with E-state index < -0.39 is 0 Å². The van der Waals surface area contributed by atoms with Crippen molar-refractivity contribution in [1.82, 2.24) is 0 Å². The Labute approximate surface area is 119 Å². The van der Waals surface area contributed by atoms with Gasteiger partial charge in [-0.15, -0.1) is 0 Å². The van der Waals surface area contributed by atoms with Crippen molar-refractivity contribution in [3.8, 4) is 0 Å². The number of aliphatic hydroxyl groups excluding tert-OH is 1. The van der Waals surface area contributed by atoms with Gasteiger partial charge < -0.3 is 5.11 Å². The maximum absolute atomic E-state index is 10.9. The zero-order valence-corrected chi connectivity index (χ0v) is 13.2. The first-order valence-electron chi connectivity index (χ1n) is 8.57. The van der Waals surface area contributed by atoms with Crippen LogP contribution in [0, 0.1) is 22.2 Å². The van der Waals surface area contributed by atoms with Crippen LogP contribution in [0.25, 0.3) is 0 Å². The van der Waals surface area contributed by atoms with Crippen molar-refractivity contribution in [2.75, 3.05) is 0 Å². The summed E-state index contributed by atoms with van der Waals surface area (Å²) in [5.74, 6) is 0.909. The van der Waals surface area contributed by atoms with Gasteiger partial charge in [0.15, 0.2) is 0 Å². The van der Waals surface area contributed by atoms with Crippen molar-refractivity contribution in [2.24, 2.45) is 22.2 Å². The van der Waals surface area contributed by atoms with Crippen molar-refractivity contribution in [3.05, 3.63) is 0 Å². The molecule has 0 aromatic rings. The SMILES string of the molecule is CCCCCC(O)C12CC3CC(C)(CC(C)(C3)C1)C2. The van der Waals surface area contributed by atoms with Gasteiger partial charge in [-0.2, -0.15) is 0 Å². The van der Waals surface area contributed by atoms with Crippen molar-refractivity contribution < 1.29 is 5.11 Å². The molecule has 0 amide bonds. The molecule has 19 heavy (non-hydrogen) atoms. The Morgan fingerprint density at radius 3 is 2.16 bits per heavy atom. The summed E-state index contributed by atoms with van der Waals surface area (Å²) >= 11 is 0. The van der Waals surface area contributed by atoms with Crippen LogP contribution in [0.3, 0.4) is 0 Å². The largest absolute Gasteiger partial charge is 0.393 e. The fraction of sp³-hybridized carbons (Fsp3) is 1.00. The van der Waals surface area contributed by atoms with Crippen LogP contribution in [0.15, 0.2) is 0 Å². The van der Waals surface area contributed by atoms with Crippen LogP contribution in [-0.2, 0) is 0 Å². The molecule has 0 aromatic heterocycles. The zero-order chi connectivity index (χ0) is 13.7. The van der Waals surface area contributed by atoms with Gasteiger partial charge in [0.2, 0.25) is 0 Å². The van der Waals surface area contributed by atoms with Crippen LogP contribution in [-0.4, -0.2) is 11.2 Å². The van der Waals surface area contributed by atoms with E-state index in [2.05, 4.69) is 20.8 Å². The van der Waals surface area contributed by atoms with Crippen LogP contribution in [0.1, 0.15) is 85.0 Å². The lowest BCUT2D eigenvalue weighted by molar-refractivity contribution is -0.186. The highest BCUT2D eigenvalue weighted by Crippen LogP contribution is 2.70. The quantitative estimate of drug-likeness (QED) is 0.698. The molecule has 0 aromatic carbocycles. The number of rotatable bonds is 5. The number of unbranched alkanes of at least 4 members (excludes halogenated alkanes) is 2. The fourth-order valence-corrected chi connectivity index (χ4v) is 6.80. The standard InChI is InChI=1S/C18H32O/c1-4-5-6-7-15(19)18-10-14-8-16(2,12-18)11-17(3,9-14)13-18/h14-15,19H,4-13H2,1-3H3. The lowest BCUT2D eigenvalue weighted by atomic mass is 9.39. The Kier molecular flexibility index (Phi) is 3.28. The summed E-state index contributed by atoms with van der Waals surface area (Å²) in [4.78, 5) is 0. The average molecular weight is 264 g/mol. The van der Waals surface area contributed by atoms with Crippen LogP contribution >= 0.6 is 0 Å². The summed E-state index contributed by atoms with van der Waals surface area (Å²) in [5.41, 5.74) is 1.37. The molecule has 0 spiro atoms. The van der Waals surface area contributed by atoms with E-state index in [1.165, 1.54) is 57.8 Å². The van der Waals surface area contributed by atoms with E-state index >= 15 is 0 Å². The summed E-state index contributed by atoms with van der Waals surface area (Å²) in [7, 11) is 0. The Hall–Kier alpha value is -0.0400. The third-order valence-corrected chi connectivity index (χ3v) is 6.46. The molecule has 0 saturated heterocycles. The smallest absolute Gasteiger partial charge is 0.0596 e. The van der Waals surface area contributed by atoms with Crippen LogP contribution < -0.4 is 0 Å². The van der Waals surface area contributed by atoms with Gasteiger partial charge in [-0.3, -0.25) is 0 Å². The van der Waals surface area contributed by atoms with Crippen molar-refractivity contribution >= 4 is 0 Å². The lowest BCUT2D eigenvalue weighted by Crippen LogP contribution is -2.58. The second-order valence-corrected chi connectivity index (χ2v) is 9.00. The molecule has 0 heterocycles. The maximum atomic E-state index is 10.9. The van der Waals surface area contributed by atoms with Gasteiger partial charge in [0.05, 0.1) is 6.10 Å². The van der Waals surface area contributed by atoms with Gasteiger partial charge in [-0.05, 0) is 67.1 Å². The van der Waals surface area contributed by atoms with E-state index in [0.29, 0.717) is 10.8 Å². The predicted octanol–water partition coefficient (Wildman–Crippen LogP) is 4.92. The molecule has 1 heteroatoms. The summed E-state index contributed by atoms with van der Waals surface area (Å²) in [6.45, 7) is 7.26. The van der Waals surface area contributed by atoms with E-state index in [4.69, 9.17) is 0 Å². The monoisotopic (exact) mass is 264 g/mol. The molecule has 4 aliphatic rings.